The van der Waals surface area contributed by atoms with Crippen LogP contribution in [-0.2, 0) is 6.42 Å². The van der Waals surface area contributed by atoms with Crippen molar-refractivity contribution in [1.82, 2.24) is 0 Å². The molecular formula is C22H16O5. The van der Waals surface area contributed by atoms with Crippen molar-refractivity contribution >= 4 is 11.6 Å². The highest BCUT2D eigenvalue weighted by molar-refractivity contribution is 6.30. The van der Waals surface area contributed by atoms with Gasteiger partial charge in [0.15, 0.2) is 11.6 Å². The van der Waals surface area contributed by atoms with Crippen molar-refractivity contribution in [3.8, 4) is 17.2 Å². The van der Waals surface area contributed by atoms with Crippen LogP contribution in [0.25, 0.3) is 0 Å². The van der Waals surface area contributed by atoms with Crippen LogP contribution in [0.3, 0.4) is 0 Å². The van der Waals surface area contributed by atoms with E-state index in [1.54, 1.807) is 31.4 Å². The van der Waals surface area contributed by atoms with E-state index in [9.17, 15) is 19.8 Å². The van der Waals surface area contributed by atoms with Crippen molar-refractivity contribution in [1.29, 1.82) is 0 Å². The van der Waals surface area contributed by atoms with Crippen LogP contribution in [0.4, 0.5) is 0 Å². The van der Waals surface area contributed by atoms with Gasteiger partial charge < -0.3 is 14.9 Å². The first-order chi connectivity index (χ1) is 13.0. The highest BCUT2D eigenvalue weighted by Gasteiger charge is 2.35. The van der Waals surface area contributed by atoms with Gasteiger partial charge in [-0.25, -0.2) is 0 Å². The van der Waals surface area contributed by atoms with E-state index in [0.717, 1.165) is 5.56 Å². The molecule has 0 radical (unpaired) electrons. The number of hydrogen-bond acceptors (Lipinski definition) is 5. The zero-order chi connectivity index (χ0) is 19.1. The summed E-state index contributed by atoms with van der Waals surface area (Å²) >= 11 is 0. The van der Waals surface area contributed by atoms with Crippen LogP contribution >= 0.6 is 0 Å². The quantitative estimate of drug-likeness (QED) is 0.547. The summed E-state index contributed by atoms with van der Waals surface area (Å²) in [6.45, 7) is 0. The predicted molar refractivity (Wildman–Crippen MR) is 98.9 cm³/mol. The fourth-order valence-corrected chi connectivity index (χ4v) is 3.50. The van der Waals surface area contributed by atoms with Gasteiger partial charge in [0.05, 0.1) is 18.2 Å². The lowest BCUT2D eigenvalue weighted by atomic mass is 9.81. The van der Waals surface area contributed by atoms with Crippen LogP contribution in [0.1, 0.15) is 43.0 Å². The van der Waals surface area contributed by atoms with E-state index in [1.165, 1.54) is 12.1 Å². The van der Waals surface area contributed by atoms with Crippen molar-refractivity contribution in [3.05, 3.63) is 88.0 Å². The average Bonchev–Trinajstić information content (AvgIpc) is 2.69. The molecule has 0 atom stereocenters. The van der Waals surface area contributed by atoms with E-state index >= 15 is 0 Å². The molecular weight excluding hydrogens is 344 g/mol. The molecule has 0 bridgehead atoms. The molecule has 27 heavy (non-hydrogen) atoms. The third-order valence-corrected chi connectivity index (χ3v) is 4.80. The molecule has 1 aliphatic carbocycles. The first-order valence-corrected chi connectivity index (χ1v) is 8.41. The average molecular weight is 360 g/mol. The van der Waals surface area contributed by atoms with Crippen LogP contribution in [0, 0.1) is 0 Å². The Labute approximate surface area is 155 Å². The Morgan fingerprint density at radius 2 is 1.41 bits per heavy atom. The fourth-order valence-electron chi connectivity index (χ4n) is 3.50. The number of carbonyl (C=O) groups excluding carboxylic acids is 2. The lowest BCUT2D eigenvalue weighted by Gasteiger charge is -2.21. The fraction of sp³-hybridized carbons (Fsp3) is 0.0909. The van der Waals surface area contributed by atoms with Gasteiger partial charge in [0.25, 0.3) is 0 Å². The summed E-state index contributed by atoms with van der Waals surface area (Å²) in [5, 5.41) is 21.2. The molecule has 0 saturated heterocycles. The lowest BCUT2D eigenvalue weighted by molar-refractivity contribution is 0.0974. The molecule has 0 spiro atoms. The Morgan fingerprint density at radius 1 is 0.815 bits per heavy atom. The zero-order valence-electron chi connectivity index (χ0n) is 14.5. The topological polar surface area (TPSA) is 83.8 Å². The largest absolute Gasteiger partial charge is 0.507 e. The Bertz CT molecular complexity index is 1100. The monoisotopic (exact) mass is 360 g/mol. The van der Waals surface area contributed by atoms with Crippen LogP contribution in [0.15, 0.2) is 54.6 Å². The van der Waals surface area contributed by atoms with E-state index in [-0.39, 0.29) is 40.2 Å². The zero-order valence-corrected chi connectivity index (χ0v) is 14.5. The second-order valence-corrected chi connectivity index (χ2v) is 6.35. The van der Waals surface area contributed by atoms with Crippen molar-refractivity contribution in [3.63, 3.8) is 0 Å². The molecule has 0 aromatic heterocycles. The smallest absolute Gasteiger partial charge is 0.198 e. The van der Waals surface area contributed by atoms with E-state index in [0.29, 0.717) is 11.3 Å². The summed E-state index contributed by atoms with van der Waals surface area (Å²) in [5.41, 5.74) is 1.27. The van der Waals surface area contributed by atoms with Gasteiger partial charge in [0.1, 0.15) is 17.2 Å². The number of phenols is 2. The van der Waals surface area contributed by atoms with E-state index in [4.69, 9.17) is 4.74 Å². The molecule has 5 heteroatoms. The van der Waals surface area contributed by atoms with Crippen molar-refractivity contribution in [2.45, 2.75) is 6.42 Å². The molecule has 3 aromatic carbocycles. The Morgan fingerprint density at radius 3 is 2.07 bits per heavy atom. The number of carbonyl (C=O) groups is 2. The van der Waals surface area contributed by atoms with Crippen LogP contribution < -0.4 is 4.74 Å². The van der Waals surface area contributed by atoms with Gasteiger partial charge in [-0.1, -0.05) is 42.5 Å². The number of aromatic hydroxyl groups is 2. The predicted octanol–water partition coefficient (Wildman–Crippen LogP) is 3.47. The van der Waals surface area contributed by atoms with E-state index in [1.807, 2.05) is 18.2 Å². The van der Waals surface area contributed by atoms with Gasteiger partial charge in [-0.15, -0.1) is 0 Å². The number of ether oxygens (including phenoxy) is 1. The molecule has 5 nitrogen and oxygen atoms in total. The lowest BCUT2D eigenvalue weighted by Crippen LogP contribution is -2.21. The van der Waals surface area contributed by atoms with Crippen LogP contribution in [0.2, 0.25) is 0 Å². The van der Waals surface area contributed by atoms with Crippen LogP contribution in [0.5, 0.6) is 17.2 Å². The minimum atomic E-state index is -0.477. The maximum Gasteiger partial charge on any atom is 0.198 e. The van der Waals surface area contributed by atoms with Gasteiger partial charge in [-0.05, 0) is 17.7 Å². The third kappa shape index (κ3) is 2.56. The maximum absolute atomic E-state index is 12.9. The molecule has 0 heterocycles. The van der Waals surface area contributed by atoms with Gasteiger partial charge >= 0.3 is 0 Å². The molecule has 4 rings (SSSR count). The normalized spacial score (nSPS) is 12.5. The standard InChI is InChI=1S/C22H16O5/c1-27-17-9-5-2-6-12(17)10-13-11-16(23)18-19(20(13)24)22(26)15-8-4-3-7-14(15)21(18)25/h2-9,11,23-24H,10H2,1H3. The van der Waals surface area contributed by atoms with Gasteiger partial charge in [-0.2, -0.15) is 0 Å². The Hall–Kier alpha value is -3.60. The van der Waals surface area contributed by atoms with Crippen LogP contribution in [-0.4, -0.2) is 28.9 Å². The number of rotatable bonds is 3. The van der Waals surface area contributed by atoms with Crippen molar-refractivity contribution < 1.29 is 24.5 Å². The summed E-state index contributed by atoms with van der Waals surface area (Å²) in [7, 11) is 1.54. The van der Waals surface area contributed by atoms with Crippen molar-refractivity contribution in [2.75, 3.05) is 7.11 Å². The van der Waals surface area contributed by atoms with Gasteiger partial charge in [-0.3, -0.25) is 9.59 Å². The summed E-state index contributed by atoms with van der Waals surface area (Å²) in [4.78, 5) is 25.7. The van der Waals surface area contributed by atoms with Gasteiger partial charge in [0, 0.05) is 23.1 Å². The Kier molecular flexibility index (Phi) is 3.92. The second-order valence-electron chi connectivity index (χ2n) is 6.35. The molecule has 0 saturated carbocycles. The highest BCUT2D eigenvalue weighted by atomic mass is 16.5. The molecule has 0 unspecified atom stereocenters. The number of hydrogen-bond donors (Lipinski definition) is 2. The number of benzene rings is 3. The molecule has 0 fully saturated rings. The second kappa shape index (κ2) is 6.29. The van der Waals surface area contributed by atoms with Gasteiger partial charge in [0.2, 0.25) is 0 Å². The number of ketones is 2. The summed E-state index contributed by atoms with van der Waals surface area (Å²) in [6.07, 6.45) is 0.236. The maximum atomic E-state index is 12.9. The third-order valence-electron chi connectivity index (χ3n) is 4.80. The minimum Gasteiger partial charge on any atom is -0.507 e. The SMILES string of the molecule is COc1ccccc1Cc1cc(O)c2c(c1O)C(=O)c1ccccc1C2=O. The number of para-hydroxylation sites is 1. The van der Waals surface area contributed by atoms with E-state index < -0.39 is 11.6 Å². The summed E-state index contributed by atoms with van der Waals surface area (Å²) < 4.78 is 5.32. The van der Waals surface area contributed by atoms with Crippen molar-refractivity contribution in [2.24, 2.45) is 0 Å². The molecule has 3 aromatic rings. The highest BCUT2D eigenvalue weighted by Crippen LogP contribution is 2.41. The molecule has 1 aliphatic rings. The molecule has 0 amide bonds. The van der Waals surface area contributed by atoms with E-state index in [2.05, 4.69) is 0 Å². The first-order valence-electron chi connectivity index (χ1n) is 8.41. The molecule has 134 valence electrons. The number of phenolic OH excluding ortho intramolecular Hbond substituents is 2. The Balaban J connectivity index is 1.88. The summed E-state index contributed by atoms with van der Waals surface area (Å²) in [6, 6.07) is 15.0. The number of fused-ring (bicyclic) bond motifs is 2. The number of methoxy groups -OCH3 is 1. The molecule has 2 N–H and O–H groups in total. The summed E-state index contributed by atoms with van der Waals surface area (Å²) in [5.74, 6) is -0.935. The minimum absolute atomic E-state index is 0.149. The molecule has 0 aliphatic heterocycles. The first kappa shape index (κ1) is 16.8.